The number of nitrogens with zero attached hydrogens (tertiary/aromatic N) is 1. The zero-order chi connectivity index (χ0) is 14.5. The minimum Gasteiger partial charge on any atom is -0.392 e. The molecule has 1 heterocycles. The Morgan fingerprint density at radius 1 is 1.30 bits per heavy atom. The van der Waals surface area contributed by atoms with Crippen LogP contribution in [0.25, 0.3) is 0 Å². The number of rotatable bonds is 4. The second-order valence-corrected chi connectivity index (χ2v) is 4.87. The molecule has 0 bridgehead atoms. The Morgan fingerprint density at radius 3 is 2.55 bits per heavy atom. The Labute approximate surface area is 122 Å². The molecule has 0 aliphatic heterocycles. The van der Waals surface area contributed by atoms with E-state index in [0.717, 1.165) is 16.8 Å². The van der Waals surface area contributed by atoms with E-state index < -0.39 is 0 Å². The molecule has 0 aliphatic carbocycles. The van der Waals surface area contributed by atoms with Gasteiger partial charge in [0.15, 0.2) is 0 Å². The highest BCUT2D eigenvalue weighted by Crippen LogP contribution is 2.15. The van der Waals surface area contributed by atoms with E-state index in [1.807, 2.05) is 31.2 Å². The van der Waals surface area contributed by atoms with Crippen molar-refractivity contribution in [3.8, 4) is 0 Å². The number of aromatic nitrogens is 1. The van der Waals surface area contributed by atoms with E-state index in [4.69, 9.17) is 16.7 Å². The molecule has 0 saturated heterocycles. The number of aliphatic hydroxyl groups is 1. The molecule has 1 aromatic heterocycles. The molecule has 0 atom stereocenters. The Hall–Kier alpha value is -1.91. The smallest absolute Gasteiger partial charge is 0.254 e. The number of pyridine rings is 1. The lowest BCUT2D eigenvalue weighted by Gasteiger charge is -2.07. The third-order valence-corrected chi connectivity index (χ3v) is 3.21. The van der Waals surface area contributed by atoms with Crippen LogP contribution in [0.15, 0.2) is 36.5 Å². The number of hydrogen-bond donors (Lipinski definition) is 2. The normalized spacial score (nSPS) is 10.3. The van der Waals surface area contributed by atoms with Crippen molar-refractivity contribution in [2.24, 2.45) is 0 Å². The fraction of sp³-hybridized carbons (Fsp3) is 0.200. The summed E-state index contributed by atoms with van der Waals surface area (Å²) in [6.07, 6.45) is 1.47. The molecule has 104 valence electrons. The first-order chi connectivity index (χ1) is 9.60. The number of carbonyl (C=O) groups excluding carboxylic acids is 1. The first-order valence-corrected chi connectivity index (χ1v) is 6.57. The molecule has 0 aliphatic rings. The van der Waals surface area contributed by atoms with Gasteiger partial charge in [-0.15, -0.1) is 0 Å². The summed E-state index contributed by atoms with van der Waals surface area (Å²) in [5.74, 6) is -0.256. The first-order valence-electron chi connectivity index (χ1n) is 6.19. The second-order valence-electron chi connectivity index (χ2n) is 4.46. The molecule has 1 aromatic carbocycles. The molecule has 4 nitrogen and oxygen atoms in total. The highest BCUT2D eigenvalue weighted by atomic mass is 35.5. The molecule has 0 unspecified atom stereocenters. The van der Waals surface area contributed by atoms with Gasteiger partial charge in [0.1, 0.15) is 0 Å². The van der Waals surface area contributed by atoms with Gasteiger partial charge >= 0.3 is 0 Å². The van der Waals surface area contributed by atoms with Crippen LogP contribution in [0, 0.1) is 6.92 Å². The van der Waals surface area contributed by atoms with Gasteiger partial charge in [0.05, 0.1) is 17.2 Å². The number of hydrogen-bond acceptors (Lipinski definition) is 3. The summed E-state index contributed by atoms with van der Waals surface area (Å²) < 4.78 is 0. The fourth-order valence-electron chi connectivity index (χ4n) is 1.73. The topological polar surface area (TPSA) is 62.2 Å². The van der Waals surface area contributed by atoms with Gasteiger partial charge in [-0.1, -0.05) is 35.9 Å². The number of amides is 1. The largest absolute Gasteiger partial charge is 0.392 e. The van der Waals surface area contributed by atoms with Crippen LogP contribution in [-0.2, 0) is 13.2 Å². The van der Waals surface area contributed by atoms with Crippen molar-refractivity contribution < 1.29 is 9.90 Å². The van der Waals surface area contributed by atoms with E-state index in [1.165, 1.54) is 6.20 Å². The van der Waals surface area contributed by atoms with Gasteiger partial charge in [-0.25, -0.2) is 0 Å². The number of aryl methyl sites for hydroxylation is 1. The van der Waals surface area contributed by atoms with Crippen LogP contribution in [0.4, 0.5) is 0 Å². The maximum absolute atomic E-state index is 12.0. The van der Waals surface area contributed by atoms with Crippen LogP contribution < -0.4 is 5.32 Å². The van der Waals surface area contributed by atoms with E-state index in [1.54, 1.807) is 6.07 Å². The third-order valence-electron chi connectivity index (χ3n) is 2.89. The number of carbonyl (C=O) groups is 1. The van der Waals surface area contributed by atoms with Crippen LogP contribution >= 0.6 is 11.6 Å². The van der Waals surface area contributed by atoms with Crippen molar-refractivity contribution >= 4 is 17.5 Å². The number of aliphatic hydroxyl groups excluding tert-OH is 1. The molecule has 0 fully saturated rings. The summed E-state index contributed by atoms with van der Waals surface area (Å²) in [6, 6.07) is 9.03. The maximum Gasteiger partial charge on any atom is 0.254 e. The predicted octanol–water partition coefficient (Wildman–Crippen LogP) is 2.47. The van der Waals surface area contributed by atoms with E-state index in [-0.39, 0.29) is 12.5 Å². The summed E-state index contributed by atoms with van der Waals surface area (Å²) in [5.41, 5.74) is 2.92. The van der Waals surface area contributed by atoms with Crippen LogP contribution in [-0.4, -0.2) is 16.0 Å². The highest BCUT2D eigenvalue weighted by molar-refractivity contribution is 6.33. The van der Waals surface area contributed by atoms with E-state index in [2.05, 4.69) is 10.3 Å². The van der Waals surface area contributed by atoms with E-state index >= 15 is 0 Å². The Morgan fingerprint density at radius 2 is 1.95 bits per heavy atom. The third kappa shape index (κ3) is 3.56. The molecule has 2 rings (SSSR count). The molecule has 2 aromatic rings. The summed E-state index contributed by atoms with van der Waals surface area (Å²) in [5, 5.41) is 12.1. The number of nitrogens with one attached hydrogen (secondary N) is 1. The zero-order valence-electron chi connectivity index (χ0n) is 11.1. The van der Waals surface area contributed by atoms with Crippen LogP contribution in [0.2, 0.25) is 5.02 Å². The summed E-state index contributed by atoms with van der Waals surface area (Å²) in [4.78, 5) is 16.1. The minimum absolute atomic E-state index is 0.0112. The Bertz CT molecular complexity index is 612. The first kappa shape index (κ1) is 14.5. The predicted molar refractivity (Wildman–Crippen MR) is 77.5 cm³/mol. The average molecular weight is 291 g/mol. The quantitative estimate of drug-likeness (QED) is 0.909. The van der Waals surface area contributed by atoms with Gasteiger partial charge in [0.25, 0.3) is 5.91 Å². The lowest BCUT2D eigenvalue weighted by atomic mass is 10.1. The summed E-state index contributed by atoms with van der Waals surface area (Å²) in [7, 11) is 0. The van der Waals surface area contributed by atoms with Gasteiger partial charge in [-0.05, 0) is 24.1 Å². The molecule has 2 N–H and O–H groups in total. The Balaban J connectivity index is 2.00. The summed E-state index contributed by atoms with van der Waals surface area (Å²) >= 11 is 6.02. The Kier molecular flexibility index (Phi) is 4.71. The lowest BCUT2D eigenvalue weighted by Crippen LogP contribution is -2.23. The molecule has 5 heteroatoms. The van der Waals surface area contributed by atoms with Gasteiger partial charge in [0, 0.05) is 18.4 Å². The lowest BCUT2D eigenvalue weighted by molar-refractivity contribution is 0.0950. The highest BCUT2D eigenvalue weighted by Gasteiger charge is 2.10. The standard InChI is InChI=1S/C15H15ClN2O2/c1-10-6-14(16)13(8-17-10)15(20)18-7-11-2-4-12(9-19)5-3-11/h2-6,8,19H,7,9H2,1H3,(H,18,20). The fourth-order valence-corrected chi connectivity index (χ4v) is 2.03. The minimum atomic E-state index is -0.256. The van der Waals surface area contributed by atoms with Crippen molar-refractivity contribution in [1.29, 1.82) is 0 Å². The molecule has 0 saturated carbocycles. The van der Waals surface area contributed by atoms with E-state index in [9.17, 15) is 4.79 Å². The monoisotopic (exact) mass is 290 g/mol. The summed E-state index contributed by atoms with van der Waals surface area (Å²) in [6.45, 7) is 2.22. The van der Waals surface area contributed by atoms with Gasteiger partial charge in [0.2, 0.25) is 0 Å². The molecular formula is C15H15ClN2O2. The van der Waals surface area contributed by atoms with Gasteiger partial charge in [-0.2, -0.15) is 0 Å². The zero-order valence-corrected chi connectivity index (χ0v) is 11.8. The number of benzene rings is 1. The molecule has 0 radical (unpaired) electrons. The van der Waals surface area contributed by atoms with Crippen LogP contribution in [0.5, 0.6) is 0 Å². The molecule has 1 amide bonds. The van der Waals surface area contributed by atoms with Crippen molar-refractivity contribution in [2.75, 3.05) is 0 Å². The van der Waals surface area contributed by atoms with Gasteiger partial charge in [-0.3, -0.25) is 9.78 Å². The van der Waals surface area contributed by atoms with Crippen LogP contribution in [0.1, 0.15) is 27.2 Å². The van der Waals surface area contributed by atoms with E-state index in [0.29, 0.717) is 17.1 Å². The SMILES string of the molecule is Cc1cc(Cl)c(C(=O)NCc2ccc(CO)cc2)cn1. The van der Waals surface area contributed by atoms with Crippen molar-refractivity contribution in [3.63, 3.8) is 0 Å². The number of halogens is 1. The van der Waals surface area contributed by atoms with Crippen molar-refractivity contribution in [3.05, 3.63) is 63.9 Å². The average Bonchev–Trinajstić information content (AvgIpc) is 2.45. The second kappa shape index (κ2) is 6.50. The van der Waals surface area contributed by atoms with Crippen LogP contribution in [0.3, 0.4) is 0 Å². The van der Waals surface area contributed by atoms with Crippen molar-refractivity contribution in [2.45, 2.75) is 20.1 Å². The molecular weight excluding hydrogens is 276 g/mol. The molecule has 20 heavy (non-hydrogen) atoms. The van der Waals surface area contributed by atoms with Gasteiger partial charge < -0.3 is 10.4 Å². The molecule has 0 spiro atoms. The maximum atomic E-state index is 12.0. The van der Waals surface area contributed by atoms with Crippen molar-refractivity contribution in [1.82, 2.24) is 10.3 Å².